The largest absolute Gasteiger partial charge is 0.394 e. The summed E-state index contributed by atoms with van der Waals surface area (Å²) in [4.78, 5) is 17.6. The minimum Gasteiger partial charge on any atom is -0.369 e. The molecule has 3 N–H and O–H groups in total. The van der Waals surface area contributed by atoms with Gasteiger partial charge in [-0.15, -0.1) is 0 Å². The molecule has 0 radical (unpaired) electrons. The van der Waals surface area contributed by atoms with E-state index < -0.39 is 65.1 Å². The molecule has 5 rings (SSSR count). The van der Waals surface area contributed by atoms with Crippen LogP contribution in [0.5, 0.6) is 0 Å². The second kappa shape index (κ2) is 12.8. The lowest BCUT2D eigenvalue weighted by Gasteiger charge is -2.42. The predicted octanol–water partition coefficient (Wildman–Crippen LogP) is 7.81. The highest BCUT2D eigenvalue weighted by molar-refractivity contribution is 7.84. The second-order valence-corrected chi connectivity index (χ2v) is 24.0. The highest BCUT2D eigenvalue weighted by Gasteiger charge is 2.64. The third kappa shape index (κ3) is 8.29. The number of aromatic nitrogens is 2. The number of alkyl halides is 5. The molecule has 0 aliphatic heterocycles. The molecule has 14 heteroatoms. The lowest BCUT2D eigenvalue weighted by Crippen LogP contribution is -2.46. The van der Waals surface area contributed by atoms with Crippen LogP contribution in [-0.4, -0.2) is 51.2 Å². The number of rotatable bonds is 15. The van der Waals surface area contributed by atoms with Gasteiger partial charge in [-0.25, -0.2) is 22.7 Å². The Balaban J connectivity index is 1.58. The van der Waals surface area contributed by atoms with E-state index in [1.165, 1.54) is 0 Å². The van der Waals surface area contributed by atoms with Gasteiger partial charge in [0.05, 0.1) is 38.2 Å². The number of imidazole rings is 1. The van der Waals surface area contributed by atoms with Crippen molar-refractivity contribution in [2.24, 2.45) is 28.9 Å². The molecular weight excluding hydrogens is 656 g/mol. The van der Waals surface area contributed by atoms with E-state index in [1.54, 1.807) is 31.4 Å². The van der Waals surface area contributed by atoms with Crippen molar-refractivity contribution in [1.29, 1.82) is 0 Å². The maximum atomic E-state index is 14.3. The summed E-state index contributed by atoms with van der Waals surface area (Å²) in [6, 6.07) is 5.36. The van der Waals surface area contributed by atoms with Crippen LogP contribution in [-0.2, 0) is 27.2 Å². The summed E-state index contributed by atoms with van der Waals surface area (Å²) in [5.41, 5.74) is 5.87. The lowest BCUT2D eigenvalue weighted by molar-refractivity contribution is -0.190. The maximum absolute atomic E-state index is 14.3. The predicted molar refractivity (Wildman–Crippen MR) is 176 cm³/mol. The number of halogens is 5. The van der Waals surface area contributed by atoms with E-state index in [0.717, 1.165) is 24.4 Å². The van der Waals surface area contributed by atoms with Crippen molar-refractivity contribution in [2.75, 3.05) is 6.61 Å². The number of benzene rings is 1. The molecule has 7 nitrogen and oxygen atoms in total. The zero-order valence-corrected chi connectivity index (χ0v) is 30.0. The first-order valence-electron chi connectivity index (χ1n) is 16.6. The summed E-state index contributed by atoms with van der Waals surface area (Å²) in [6.45, 7) is 12.4. The molecule has 4 atom stereocenters. The van der Waals surface area contributed by atoms with Crippen molar-refractivity contribution in [1.82, 2.24) is 14.3 Å². The fourth-order valence-corrected chi connectivity index (χ4v) is 8.39. The van der Waals surface area contributed by atoms with Crippen LogP contribution in [0.15, 0.2) is 18.2 Å². The molecule has 3 saturated carbocycles. The van der Waals surface area contributed by atoms with Gasteiger partial charge in [0.2, 0.25) is 11.8 Å². The number of ether oxygens (including phenoxy) is 1. The molecular formula is C33H49F5N4O3SSi. The minimum atomic E-state index is -4.42. The van der Waals surface area contributed by atoms with Gasteiger partial charge in [-0.1, -0.05) is 25.7 Å². The number of fused-ring (bicyclic) bond motifs is 1. The van der Waals surface area contributed by atoms with Gasteiger partial charge in [-0.05, 0) is 94.4 Å². The molecule has 3 fully saturated rings. The summed E-state index contributed by atoms with van der Waals surface area (Å²) in [6.07, 6.45) is -3.82. The Labute approximate surface area is 277 Å². The van der Waals surface area contributed by atoms with Crippen molar-refractivity contribution in [3.05, 3.63) is 29.6 Å². The average Bonchev–Trinajstić information content (AvgIpc) is 3.84. The molecule has 47 heavy (non-hydrogen) atoms. The number of amides is 1. The zero-order valence-electron chi connectivity index (χ0n) is 28.2. The Morgan fingerprint density at radius 2 is 1.79 bits per heavy atom. The lowest BCUT2D eigenvalue weighted by atomic mass is 9.65. The zero-order chi connectivity index (χ0) is 34.7. The van der Waals surface area contributed by atoms with Gasteiger partial charge in [-0.2, -0.15) is 13.2 Å². The molecule has 1 aromatic heterocycles. The molecule has 1 heterocycles. The molecule has 264 valence electrons. The summed E-state index contributed by atoms with van der Waals surface area (Å²) in [5, 5.41) is 0. The first-order valence-corrected chi connectivity index (χ1v) is 21.5. The maximum Gasteiger partial charge on any atom is 0.394 e. The number of hydrogen-bond acceptors (Lipinski definition) is 4. The minimum absolute atomic E-state index is 0.00823. The van der Waals surface area contributed by atoms with Crippen LogP contribution in [0.4, 0.5) is 22.0 Å². The fraction of sp³-hybridized carbons (Fsp3) is 0.758. The standard InChI is InChI=1S/C33H49F5N4O3SSi/c1-30(2,3)46(44)41-24(18-31(11-12-31)33(36,37)38)29-40-23-10-9-21(15-25(23)42(29)19-45-13-14-47(4,5)6)26(20-7-8-20)27(28(39)43)22-16-32(34,35)17-22/h9-10,15,20,22,24,26-27,41H,7-8,11-14,16-19H2,1-6H3,(H2,39,43)/t24-,26-,27?,46+/m0/s1. The van der Waals surface area contributed by atoms with Gasteiger partial charge >= 0.3 is 6.18 Å². The molecule has 0 bridgehead atoms. The van der Waals surface area contributed by atoms with Gasteiger partial charge in [0, 0.05) is 33.4 Å². The van der Waals surface area contributed by atoms with Gasteiger partial charge in [0.25, 0.3) is 0 Å². The van der Waals surface area contributed by atoms with E-state index in [-0.39, 0.29) is 50.7 Å². The van der Waals surface area contributed by atoms with E-state index >= 15 is 0 Å². The van der Waals surface area contributed by atoms with E-state index in [2.05, 4.69) is 24.4 Å². The number of hydrogen-bond donors (Lipinski definition) is 2. The summed E-state index contributed by atoms with van der Waals surface area (Å²) < 4.78 is 94.3. The first kappa shape index (κ1) is 36.4. The number of nitrogens with one attached hydrogen (secondary N) is 1. The van der Waals surface area contributed by atoms with Crippen LogP contribution >= 0.6 is 0 Å². The summed E-state index contributed by atoms with van der Waals surface area (Å²) in [5.74, 6) is -4.62. The molecule has 0 saturated heterocycles. The average molecular weight is 705 g/mol. The summed E-state index contributed by atoms with van der Waals surface area (Å²) >= 11 is 0. The third-order valence-electron chi connectivity index (χ3n) is 10.0. The Kier molecular flexibility index (Phi) is 9.88. The van der Waals surface area contributed by atoms with Crippen LogP contribution in [0.2, 0.25) is 25.7 Å². The van der Waals surface area contributed by atoms with Crippen LogP contribution in [0.1, 0.15) is 89.1 Å². The van der Waals surface area contributed by atoms with Crippen LogP contribution < -0.4 is 10.5 Å². The highest BCUT2D eigenvalue weighted by Crippen LogP contribution is 2.62. The summed E-state index contributed by atoms with van der Waals surface area (Å²) in [7, 11) is -3.15. The smallest absolute Gasteiger partial charge is 0.369 e. The molecule has 1 unspecified atom stereocenters. The monoisotopic (exact) mass is 704 g/mol. The fourth-order valence-electron chi connectivity index (χ4n) is 6.83. The van der Waals surface area contributed by atoms with Gasteiger partial charge in [-0.3, -0.25) is 4.79 Å². The Morgan fingerprint density at radius 1 is 1.15 bits per heavy atom. The van der Waals surface area contributed by atoms with Crippen LogP contribution in [0.3, 0.4) is 0 Å². The molecule has 2 aromatic rings. The first-order chi connectivity index (χ1) is 21.6. The van der Waals surface area contributed by atoms with Crippen molar-refractivity contribution in [3.8, 4) is 0 Å². The van der Waals surface area contributed by atoms with Crippen molar-refractivity contribution in [3.63, 3.8) is 0 Å². The Morgan fingerprint density at radius 3 is 2.28 bits per heavy atom. The van der Waals surface area contributed by atoms with E-state index in [0.29, 0.717) is 23.5 Å². The molecule has 1 aromatic carbocycles. The van der Waals surface area contributed by atoms with E-state index in [4.69, 9.17) is 15.5 Å². The van der Waals surface area contributed by atoms with Crippen molar-refractivity contribution >= 4 is 36.0 Å². The number of primary amides is 1. The topological polar surface area (TPSA) is 99.2 Å². The van der Waals surface area contributed by atoms with Gasteiger partial charge in [0.1, 0.15) is 12.6 Å². The van der Waals surface area contributed by atoms with Crippen molar-refractivity contribution in [2.45, 2.75) is 127 Å². The molecule has 0 spiro atoms. The SMILES string of the molecule is CC(C)(C)[S@@](=O)N[C@@H](CC1(C(F)(F)F)CC1)c1nc2ccc([C@H](C3CC3)C(C(N)=O)C3CC(F)(F)C3)cc2n1COCC[Si](C)(C)C. The Hall–Kier alpha value is -1.90. The quantitative estimate of drug-likeness (QED) is 0.112. The van der Waals surface area contributed by atoms with E-state index in [1.807, 2.05) is 12.1 Å². The second-order valence-electron chi connectivity index (χ2n) is 16.3. The Bertz CT molecular complexity index is 1490. The molecule has 1 amide bonds. The molecule has 3 aliphatic carbocycles. The van der Waals surface area contributed by atoms with Gasteiger partial charge < -0.3 is 15.0 Å². The molecule has 3 aliphatic rings. The normalized spacial score (nSPS) is 22.4. The van der Waals surface area contributed by atoms with Crippen LogP contribution in [0, 0.1) is 23.2 Å². The number of carbonyl (C=O) groups excluding carboxylic acids is 1. The van der Waals surface area contributed by atoms with Gasteiger partial charge in [0.15, 0.2) is 0 Å². The van der Waals surface area contributed by atoms with Crippen molar-refractivity contribution < 1.29 is 35.7 Å². The number of nitrogens with two attached hydrogens (primary N) is 1. The number of nitrogens with zero attached hydrogens (tertiary/aromatic N) is 2. The van der Waals surface area contributed by atoms with Crippen LogP contribution in [0.25, 0.3) is 11.0 Å². The third-order valence-corrected chi connectivity index (χ3v) is 13.4. The highest BCUT2D eigenvalue weighted by atomic mass is 32.2. The van der Waals surface area contributed by atoms with E-state index in [9.17, 15) is 31.0 Å². The number of carbonyl (C=O) groups is 1.